The van der Waals surface area contributed by atoms with Crippen LogP contribution in [0.15, 0.2) is 46.8 Å². The molecule has 1 aromatic rings. The van der Waals surface area contributed by atoms with Gasteiger partial charge >= 0.3 is 0 Å². The van der Waals surface area contributed by atoms with E-state index in [1.807, 2.05) is 0 Å². The highest BCUT2D eigenvalue weighted by Crippen LogP contribution is 2.39. The quantitative estimate of drug-likeness (QED) is 0.726. The maximum Gasteiger partial charge on any atom is 0.224 e. The zero-order chi connectivity index (χ0) is 18.9. The molecule has 0 aliphatic carbocycles. The van der Waals surface area contributed by atoms with Crippen LogP contribution in [0.3, 0.4) is 0 Å². The fourth-order valence-electron chi connectivity index (χ4n) is 3.53. The Kier molecular flexibility index (Phi) is 4.78. The molecule has 0 amide bonds. The van der Waals surface area contributed by atoms with Crippen LogP contribution >= 0.6 is 0 Å². The molecule has 2 heterocycles. The van der Waals surface area contributed by atoms with Crippen molar-refractivity contribution in [3.05, 3.63) is 60.1 Å². The summed E-state index contributed by atoms with van der Waals surface area (Å²) in [4.78, 5) is 9.69. The summed E-state index contributed by atoms with van der Waals surface area (Å²) >= 11 is 0. The Morgan fingerprint density at radius 3 is 1.38 bits per heavy atom. The molecule has 0 atom stereocenters. The minimum atomic E-state index is -0.380. The van der Waals surface area contributed by atoms with Gasteiger partial charge in [0.25, 0.3) is 0 Å². The standard InChI is InChI=1S/C22H26N2O2/c1-7-21(8-2)15(5)25-19(23-21)17-13-11-12-14-18(17)20-24-22(9-3,10-4)16(6)26-20/h11-12H,5-10H2,1-4H3. The Balaban J connectivity index is 2.07. The fraction of sp³-hybridized carbons (Fsp3) is 0.455. The van der Waals surface area contributed by atoms with Crippen molar-refractivity contribution < 1.29 is 9.47 Å². The average molecular weight is 350 g/mol. The third-order valence-electron chi connectivity index (χ3n) is 5.66. The van der Waals surface area contributed by atoms with Gasteiger partial charge in [0.2, 0.25) is 11.8 Å². The van der Waals surface area contributed by atoms with E-state index >= 15 is 0 Å². The molecular formula is C22H26N2O2. The molecule has 0 saturated heterocycles. The SMILES string of the molecule is C=C1OC(c2[c]cc[c]c2C2=NC(CC)(CC)C(=C)O2)=NC1(CC)CC. The summed E-state index contributed by atoms with van der Waals surface area (Å²) < 4.78 is 11.9. The Morgan fingerprint density at radius 2 is 1.12 bits per heavy atom. The molecule has 0 unspecified atom stereocenters. The predicted molar refractivity (Wildman–Crippen MR) is 104 cm³/mol. The van der Waals surface area contributed by atoms with Gasteiger partial charge in [-0.05, 0) is 37.8 Å². The Morgan fingerprint density at radius 1 is 0.769 bits per heavy atom. The number of rotatable bonds is 6. The van der Waals surface area contributed by atoms with Crippen molar-refractivity contribution in [1.29, 1.82) is 0 Å². The summed E-state index contributed by atoms with van der Waals surface area (Å²) in [6.07, 6.45) is 3.34. The highest BCUT2D eigenvalue weighted by molar-refractivity contribution is 6.08. The molecule has 3 rings (SSSR count). The topological polar surface area (TPSA) is 43.2 Å². The lowest BCUT2D eigenvalue weighted by Crippen LogP contribution is -2.23. The molecule has 2 aliphatic rings. The smallest absolute Gasteiger partial charge is 0.224 e. The second kappa shape index (κ2) is 6.75. The van der Waals surface area contributed by atoms with E-state index < -0.39 is 0 Å². The van der Waals surface area contributed by atoms with Crippen molar-refractivity contribution in [2.75, 3.05) is 0 Å². The van der Waals surface area contributed by atoms with E-state index in [4.69, 9.17) is 19.5 Å². The van der Waals surface area contributed by atoms with Crippen molar-refractivity contribution in [2.24, 2.45) is 9.98 Å². The summed E-state index contributed by atoms with van der Waals surface area (Å²) in [5.74, 6) is 2.37. The Labute approximate surface area is 156 Å². The highest BCUT2D eigenvalue weighted by atomic mass is 16.5. The van der Waals surface area contributed by atoms with Crippen LogP contribution in [0.25, 0.3) is 0 Å². The highest BCUT2D eigenvalue weighted by Gasteiger charge is 2.41. The van der Waals surface area contributed by atoms with Gasteiger partial charge in [0.05, 0.1) is 11.1 Å². The summed E-state index contributed by atoms with van der Waals surface area (Å²) in [6, 6.07) is 10.0. The lowest BCUT2D eigenvalue weighted by molar-refractivity contribution is 0.340. The zero-order valence-electron chi connectivity index (χ0n) is 16.1. The summed E-state index contributed by atoms with van der Waals surface area (Å²) in [5.41, 5.74) is 0.642. The number of hydrogen-bond donors (Lipinski definition) is 0. The van der Waals surface area contributed by atoms with Gasteiger partial charge in [0.1, 0.15) is 22.6 Å². The lowest BCUT2D eigenvalue weighted by atomic mass is 9.92. The summed E-state index contributed by atoms with van der Waals surface area (Å²) in [5, 5.41) is 0. The molecule has 0 bridgehead atoms. The molecule has 1 aromatic carbocycles. The van der Waals surface area contributed by atoms with Gasteiger partial charge < -0.3 is 9.47 Å². The normalized spacial score (nSPS) is 20.5. The molecule has 26 heavy (non-hydrogen) atoms. The number of ether oxygens (including phenoxy) is 2. The molecule has 2 aliphatic heterocycles. The van der Waals surface area contributed by atoms with Gasteiger partial charge in [-0.15, -0.1) is 0 Å². The van der Waals surface area contributed by atoms with E-state index in [2.05, 4.69) is 53.0 Å². The second-order valence-corrected chi connectivity index (χ2v) is 6.73. The van der Waals surface area contributed by atoms with Crippen LogP contribution in [0.4, 0.5) is 0 Å². The number of aliphatic imine (C=N–C) groups is 2. The minimum absolute atomic E-state index is 0.380. The summed E-state index contributed by atoms with van der Waals surface area (Å²) in [7, 11) is 0. The molecule has 0 saturated carbocycles. The van der Waals surface area contributed by atoms with E-state index in [9.17, 15) is 0 Å². The molecule has 4 heteroatoms. The van der Waals surface area contributed by atoms with Crippen molar-refractivity contribution >= 4 is 11.8 Å². The van der Waals surface area contributed by atoms with Crippen LogP contribution in [0.2, 0.25) is 0 Å². The molecule has 0 N–H and O–H groups in total. The van der Waals surface area contributed by atoms with E-state index in [1.54, 1.807) is 12.1 Å². The van der Waals surface area contributed by atoms with Crippen molar-refractivity contribution in [3.8, 4) is 0 Å². The predicted octanol–water partition coefficient (Wildman–Crippen LogP) is 4.99. The third-order valence-corrected chi connectivity index (χ3v) is 5.66. The molecular weight excluding hydrogens is 324 g/mol. The van der Waals surface area contributed by atoms with Gasteiger partial charge in [0, 0.05) is 0 Å². The first kappa shape index (κ1) is 18.4. The van der Waals surface area contributed by atoms with Gasteiger partial charge in [-0.1, -0.05) is 53.0 Å². The lowest BCUT2D eigenvalue weighted by Gasteiger charge is -2.20. The van der Waals surface area contributed by atoms with Crippen LogP contribution in [-0.4, -0.2) is 22.9 Å². The van der Waals surface area contributed by atoms with Crippen LogP contribution in [0.1, 0.15) is 64.5 Å². The fourth-order valence-corrected chi connectivity index (χ4v) is 3.53. The van der Waals surface area contributed by atoms with Crippen molar-refractivity contribution in [3.63, 3.8) is 0 Å². The maximum atomic E-state index is 5.95. The monoisotopic (exact) mass is 350 g/mol. The molecule has 4 nitrogen and oxygen atoms in total. The van der Waals surface area contributed by atoms with E-state index in [0.717, 1.165) is 25.7 Å². The Hall–Kier alpha value is -2.36. The molecule has 2 radical (unpaired) electrons. The van der Waals surface area contributed by atoms with Gasteiger partial charge in [-0.3, -0.25) is 0 Å². The molecule has 136 valence electrons. The van der Waals surface area contributed by atoms with Gasteiger partial charge in [-0.2, -0.15) is 0 Å². The maximum absolute atomic E-state index is 5.95. The van der Waals surface area contributed by atoms with Crippen LogP contribution in [0, 0.1) is 12.1 Å². The van der Waals surface area contributed by atoms with E-state index in [0.29, 0.717) is 34.4 Å². The number of nitrogens with zero attached hydrogens (tertiary/aromatic N) is 2. The largest absolute Gasteiger partial charge is 0.441 e. The molecule has 0 spiro atoms. The second-order valence-electron chi connectivity index (χ2n) is 6.73. The first-order valence-corrected chi connectivity index (χ1v) is 9.32. The average Bonchev–Trinajstić information content (AvgIpc) is 3.19. The van der Waals surface area contributed by atoms with Crippen molar-refractivity contribution in [1.82, 2.24) is 0 Å². The summed E-state index contributed by atoms with van der Waals surface area (Å²) in [6.45, 7) is 16.5. The van der Waals surface area contributed by atoms with E-state index in [1.165, 1.54) is 0 Å². The Bertz CT molecular complexity index is 729. The van der Waals surface area contributed by atoms with Crippen molar-refractivity contribution in [2.45, 2.75) is 64.5 Å². The van der Waals surface area contributed by atoms with Crippen LogP contribution < -0.4 is 0 Å². The number of hydrogen-bond acceptors (Lipinski definition) is 4. The molecule has 0 fully saturated rings. The third kappa shape index (κ3) is 2.68. The van der Waals surface area contributed by atoms with Crippen LogP contribution in [-0.2, 0) is 9.47 Å². The van der Waals surface area contributed by atoms with Crippen LogP contribution in [0.5, 0.6) is 0 Å². The molecule has 0 aromatic heterocycles. The first-order valence-electron chi connectivity index (χ1n) is 9.32. The van der Waals surface area contributed by atoms with E-state index in [-0.39, 0.29) is 11.1 Å². The van der Waals surface area contributed by atoms with Gasteiger partial charge in [0.15, 0.2) is 0 Å². The first-order chi connectivity index (χ1) is 12.4. The zero-order valence-corrected chi connectivity index (χ0v) is 16.1. The van der Waals surface area contributed by atoms with Gasteiger partial charge in [-0.25, -0.2) is 9.98 Å². The minimum Gasteiger partial charge on any atom is -0.441 e. The number of benzene rings is 1.